The summed E-state index contributed by atoms with van der Waals surface area (Å²) < 4.78 is 28.0. The highest BCUT2D eigenvalue weighted by atomic mass is 32.2. The Labute approximate surface area is 142 Å². The molecule has 4 nitrogen and oxygen atoms in total. The van der Waals surface area contributed by atoms with Crippen molar-refractivity contribution in [2.24, 2.45) is 0 Å². The van der Waals surface area contributed by atoms with E-state index in [1.807, 2.05) is 52.0 Å². The fraction of sp³-hybridized carbons (Fsp3) is 0.647. The summed E-state index contributed by atoms with van der Waals surface area (Å²) in [6.45, 7) is 8.17. The number of benzene rings is 1. The van der Waals surface area contributed by atoms with Crippen LogP contribution in [0.5, 0.6) is 0 Å². The van der Waals surface area contributed by atoms with Crippen LogP contribution < -0.4 is 10.2 Å². The molecule has 2 fully saturated rings. The third kappa shape index (κ3) is 3.35. The number of anilines is 1. The molecule has 23 heavy (non-hydrogen) atoms. The van der Waals surface area contributed by atoms with Crippen molar-refractivity contribution in [3.05, 3.63) is 24.3 Å². The summed E-state index contributed by atoms with van der Waals surface area (Å²) in [5.74, 6) is 0. The molecule has 2 aliphatic rings. The maximum absolute atomic E-state index is 12.6. The SMILES string of the molecule is CC1(C)OB(c2ccccc2NS(=O)C2CCCC2)OC1(C)C. The van der Waals surface area contributed by atoms with E-state index in [4.69, 9.17) is 9.31 Å². The first kappa shape index (κ1) is 17.0. The van der Waals surface area contributed by atoms with E-state index in [2.05, 4.69) is 4.72 Å². The van der Waals surface area contributed by atoms with E-state index in [-0.39, 0.29) is 16.5 Å². The molecule has 1 saturated heterocycles. The Balaban J connectivity index is 1.80. The number of hydrogen-bond acceptors (Lipinski definition) is 3. The van der Waals surface area contributed by atoms with Crippen molar-refractivity contribution in [3.8, 4) is 0 Å². The predicted molar refractivity (Wildman–Crippen MR) is 96.2 cm³/mol. The van der Waals surface area contributed by atoms with Crippen molar-refractivity contribution in [2.75, 3.05) is 4.72 Å². The van der Waals surface area contributed by atoms with E-state index in [0.717, 1.165) is 24.0 Å². The topological polar surface area (TPSA) is 47.6 Å². The molecule has 1 atom stereocenters. The van der Waals surface area contributed by atoms with Gasteiger partial charge in [-0.05, 0) is 46.6 Å². The van der Waals surface area contributed by atoms with E-state index in [1.165, 1.54) is 12.8 Å². The molecule has 1 aliphatic carbocycles. The van der Waals surface area contributed by atoms with Gasteiger partial charge in [0.2, 0.25) is 0 Å². The van der Waals surface area contributed by atoms with Gasteiger partial charge in [-0.15, -0.1) is 0 Å². The van der Waals surface area contributed by atoms with Crippen LogP contribution in [-0.4, -0.2) is 27.8 Å². The lowest BCUT2D eigenvalue weighted by atomic mass is 9.78. The van der Waals surface area contributed by atoms with Gasteiger partial charge in [0.1, 0.15) is 11.0 Å². The second-order valence-corrected chi connectivity index (χ2v) is 8.95. The largest absolute Gasteiger partial charge is 0.496 e. The number of nitrogens with one attached hydrogen (secondary N) is 1. The van der Waals surface area contributed by atoms with Crippen molar-refractivity contribution in [1.82, 2.24) is 0 Å². The van der Waals surface area contributed by atoms with Crippen molar-refractivity contribution in [2.45, 2.75) is 69.8 Å². The Bertz CT molecular complexity index is 583. The lowest BCUT2D eigenvalue weighted by Gasteiger charge is -2.32. The fourth-order valence-electron chi connectivity index (χ4n) is 3.06. The summed E-state index contributed by atoms with van der Waals surface area (Å²) in [6, 6.07) is 7.84. The predicted octanol–water partition coefficient (Wildman–Crippen LogP) is 3.00. The van der Waals surface area contributed by atoms with Gasteiger partial charge < -0.3 is 14.0 Å². The summed E-state index contributed by atoms with van der Waals surface area (Å²) in [6.07, 6.45) is 4.43. The molecule has 0 spiro atoms. The first-order valence-electron chi connectivity index (χ1n) is 8.42. The molecule has 0 bridgehead atoms. The molecular weight excluding hydrogens is 309 g/mol. The Morgan fingerprint density at radius 1 is 1.09 bits per heavy atom. The van der Waals surface area contributed by atoms with E-state index in [0.29, 0.717) is 0 Å². The van der Waals surface area contributed by atoms with Crippen molar-refractivity contribution >= 4 is 29.3 Å². The average molecular weight is 335 g/mol. The van der Waals surface area contributed by atoms with Crippen LogP contribution in [0, 0.1) is 0 Å². The first-order valence-corrected chi connectivity index (χ1v) is 9.63. The zero-order valence-electron chi connectivity index (χ0n) is 14.4. The molecular formula is C17H26BNO3S. The van der Waals surface area contributed by atoms with Crippen LogP contribution in [-0.2, 0) is 20.3 Å². The molecule has 0 amide bonds. The molecule has 1 heterocycles. The summed E-state index contributed by atoms with van der Waals surface area (Å²) in [5, 5.41) is 0.251. The van der Waals surface area contributed by atoms with E-state index < -0.39 is 18.1 Å². The molecule has 1 aromatic carbocycles. The minimum absolute atomic E-state index is 0.251. The van der Waals surface area contributed by atoms with Crippen molar-refractivity contribution in [1.29, 1.82) is 0 Å². The Kier molecular flexibility index (Phi) is 4.60. The number of hydrogen-bond donors (Lipinski definition) is 1. The van der Waals surface area contributed by atoms with Gasteiger partial charge in [0.25, 0.3) is 0 Å². The fourth-order valence-corrected chi connectivity index (χ4v) is 4.39. The molecule has 1 aromatic rings. The molecule has 1 aliphatic heterocycles. The Morgan fingerprint density at radius 2 is 1.65 bits per heavy atom. The molecule has 1 N–H and O–H groups in total. The van der Waals surface area contributed by atoms with Gasteiger partial charge in [-0.3, -0.25) is 0 Å². The van der Waals surface area contributed by atoms with E-state index >= 15 is 0 Å². The first-order chi connectivity index (χ1) is 10.8. The highest BCUT2D eigenvalue weighted by Gasteiger charge is 2.52. The molecule has 126 valence electrons. The van der Waals surface area contributed by atoms with Crippen molar-refractivity contribution in [3.63, 3.8) is 0 Å². The standard InChI is InChI=1S/C17H26BNO3S/c1-16(2)17(3,4)22-18(21-16)14-11-7-8-12-15(14)19-23(20)13-9-5-6-10-13/h7-8,11-13,19H,5-6,9-10H2,1-4H3. The summed E-state index contributed by atoms with van der Waals surface area (Å²) >= 11 is 0. The zero-order chi connectivity index (χ0) is 16.7. The molecule has 0 aromatic heterocycles. The van der Waals surface area contributed by atoms with Gasteiger partial charge in [0.15, 0.2) is 0 Å². The lowest BCUT2D eigenvalue weighted by molar-refractivity contribution is 0.00578. The second-order valence-electron chi connectivity index (χ2n) is 7.48. The third-order valence-electron chi connectivity index (χ3n) is 5.28. The molecule has 3 rings (SSSR count). The Morgan fingerprint density at radius 3 is 2.26 bits per heavy atom. The van der Waals surface area contributed by atoms with Gasteiger partial charge in [-0.25, -0.2) is 4.21 Å². The van der Waals surface area contributed by atoms with Crippen LogP contribution in [0.4, 0.5) is 5.69 Å². The maximum Gasteiger partial charge on any atom is 0.496 e. The normalized spacial score (nSPS) is 24.8. The number of para-hydroxylation sites is 1. The van der Waals surface area contributed by atoms with E-state index in [1.54, 1.807) is 0 Å². The highest BCUT2D eigenvalue weighted by Crippen LogP contribution is 2.37. The number of rotatable bonds is 4. The van der Waals surface area contributed by atoms with Crippen molar-refractivity contribution < 1.29 is 13.5 Å². The van der Waals surface area contributed by atoms with Gasteiger partial charge in [-0.2, -0.15) is 0 Å². The van der Waals surface area contributed by atoms with E-state index in [9.17, 15) is 4.21 Å². The van der Waals surface area contributed by atoms with Gasteiger partial charge in [-0.1, -0.05) is 31.0 Å². The zero-order valence-corrected chi connectivity index (χ0v) is 15.2. The minimum Gasteiger partial charge on any atom is -0.399 e. The minimum atomic E-state index is -1.06. The van der Waals surface area contributed by atoms with Crippen LogP contribution >= 0.6 is 0 Å². The van der Waals surface area contributed by atoms with Crippen LogP contribution in [0.15, 0.2) is 24.3 Å². The van der Waals surface area contributed by atoms with Crippen LogP contribution in [0.25, 0.3) is 0 Å². The quantitative estimate of drug-likeness (QED) is 0.861. The molecule has 6 heteroatoms. The molecule has 1 saturated carbocycles. The smallest absolute Gasteiger partial charge is 0.399 e. The maximum atomic E-state index is 12.6. The summed E-state index contributed by atoms with van der Waals surface area (Å²) in [5.41, 5.74) is 0.999. The highest BCUT2D eigenvalue weighted by molar-refractivity contribution is 7.87. The lowest BCUT2D eigenvalue weighted by Crippen LogP contribution is -2.41. The van der Waals surface area contributed by atoms with Gasteiger partial charge in [0.05, 0.1) is 16.5 Å². The van der Waals surface area contributed by atoms with Gasteiger partial charge in [0, 0.05) is 11.2 Å². The average Bonchev–Trinajstić information content (AvgIpc) is 3.06. The van der Waals surface area contributed by atoms with Crippen LogP contribution in [0.3, 0.4) is 0 Å². The third-order valence-corrected chi connectivity index (χ3v) is 6.78. The monoisotopic (exact) mass is 335 g/mol. The second kappa shape index (κ2) is 6.23. The summed E-state index contributed by atoms with van der Waals surface area (Å²) in [4.78, 5) is 0. The Hall–Kier alpha value is -0.845. The summed E-state index contributed by atoms with van der Waals surface area (Å²) in [7, 11) is -1.50. The van der Waals surface area contributed by atoms with Crippen LogP contribution in [0.2, 0.25) is 0 Å². The van der Waals surface area contributed by atoms with Gasteiger partial charge >= 0.3 is 7.12 Å². The molecule has 0 radical (unpaired) electrons. The van der Waals surface area contributed by atoms with Crippen LogP contribution in [0.1, 0.15) is 53.4 Å². The molecule has 1 unspecified atom stereocenters.